The maximum absolute atomic E-state index is 12.3. The lowest BCUT2D eigenvalue weighted by molar-refractivity contribution is -0.140. The van der Waals surface area contributed by atoms with Crippen LogP contribution in [0.15, 0.2) is 0 Å². The Morgan fingerprint density at radius 3 is 2.15 bits per heavy atom. The molecule has 0 fully saturated rings. The molecule has 0 saturated heterocycles. The third kappa shape index (κ3) is 8.87. The van der Waals surface area contributed by atoms with Gasteiger partial charge in [0.2, 0.25) is 5.91 Å². The first-order valence-electron chi connectivity index (χ1n) is 6.80. The topological polar surface area (TPSA) is 76.1 Å². The number of rotatable bonds is 11. The summed E-state index contributed by atoms with van der Waals surface area (Å²) in [6, 6.07) is 0. The third-order valence-electron chi connectivity index (χ3n) is 2.95. The van der Waals surface area contributed by atoms with E-state index in [0.29, 0.717) is 26.3 Å². The van der Waals surface area contributed by atoms with Crippen molar-refractivity contribution in [1.82, 2.24) is 4.90 Å². The first-order chi connectivity index (χ1) is 9.32. The number of carbonyl (C=O) groups excluding carboxylic acids is 1. The van der Waals surface area contributed by atoms with Gasteiger partial charge in [-0.2, -0.15) is 0 Å². The smallest absolute Gasteiger partial charge is 0.303 e. The first-order valence-corrected chi connectivity index (χ1v) is 6.80. The molecule has 6 heteroatoms. The molecule has 0 unspecified atom stereocenters. The summed E-state index contributed by atoms with van der Waals surface area (Å²) in [4.78, 5) is 24.8. The fourth-order valence-corrected chi connectivity index (χ4v) is 1.96. The molecule has 0 radical (unpaired) electrons. The summed E-state index contributed by atoms with van der Waals surface area (Å²) in [6.07, 6.45) is 0.955. The average molecular weight is 289 g/mol. The van der Waals surface area contributed by atoms with Crippen LogP contribution in [-0.2, 0) is 19.1 Å². The number of nitrogens with zero attached hydrogens (tertiary/aromatic N) is 1. The van der Waals surface area contributed by atoms with Crippen molar-refractivity contribution < 1.29 is 24.2 Å². The van der Waals surface area contributed by atoms with Crippen molar-refractivity contribution in [3.8, 4) is 0 Å². The maximum Gasteiger partial charge on any atom is 0.303 e. The SMILES string of the molecule is COCCCN(CCOC)C(=O)CC(C)(C)CC(=O)O. The highest BCUT2D eigenvalue weighted by Crippen LogP contribution is 2.26. The van der Waals surface area contributed by atoms with Gasteiger partial charge in [0.15, 0.2) is 0 Å². The van der Waals surface area contributed by atoms with Gasteiger partial charge in [-0.05, 0) is 11.8 Å². The quantitative estimate of drug-likeness (QED) is 0.582. The molecule has 0 bridgehead atoms. The van der Waals surface area contributed by atoms with E-state index >= 15 is 0 Å². The maximum atomic E-state index is 12.3. The van der Waals surface area contributed by atoms with Crippen molar-refractivity contribution in [2.45, 2.75) is 33.1 Å². The Morgan fingerprint density at radius 1 is 1.05 bits per heavy atom. The molecule has 6 nitrogen and oxygen atoms in total. The summed E-state index contributed by atoms with van der Waals surface area (Å²) in [5.41, 5.74) is -0.546. The van der Waals surface area contributed by atoms with E-state index in [2.05, 4.69) is 0 Å². The number of amides is 1. The van der Waals surface area contributed by atoms with Crippen LogP contribution in [0.3, 0.4) is 0 Å². The van der Waals surface area contributed by atoms with Crippen LogP contribution < -0.4 is 0 Å². The van der Waals surface area contributed by atoms with Gasteiger partial charge in [0.05, 0.1) is 13.0 Å². The van der Waals surface area contributed by atoms with E-state index in [1.807, 2.05) is 0 Å². The first kappa shape index (κ1) is 18.9. The number of ether oxygens (including phenoxy) is 2. The van der Waals surface area contributed by atoms with Gasteiger partial charge in [-0.15, -0.1) is 0 Å². The molecule has 0 saturated carbocycles. The van der Waals surface area contributed by atoms with Gasteiger partial charge in [0.1, 0.15) is 0 Å². The van der Waals surface area contributed by atoms with Crippen LogP contribution in [0.5, 0.6) is 0 Å². The monoisotopic (exact) mass is 289 g/mol. The molecule has 0 spiro atoms. The van der Waals surface area contributed by atoms with Crippen molar-refractivity contribution >= 4 is 11.9 Å². The van der Waals surface area contributed by atoms with E-state index in [1.54, 1.807) is 33.0 Å². The molecule has 0 heterocycles. The second kappa shape index (κ2) is 9.72. The molecule has 0 aliphatic carbocycles. The normalized spacial score (nSPS) is 11.4. The molecule has 1 N–H and O–H groups in total. The molecule has 118 valence electrons. The summed E-state index contributed by atoms with van der Waals surface area (Å²) < 4.78 is 9.99. The van der Waals surface area contributed by atoms with E-state index in [0.717, 1.165) is 6.42 Å². The lowest BCUT2D eigenvalue weighted by Crippen LogP contribution is -2.38. The predicted octanol–water partition coefficient (Wildman–Crippen LogP) is 1.39. The highest BCUT2D eigenvalue weighted by Gasteiger charge is 2.27. The summed E-state index contributed by atoms with van der Waals surface area (Å²) in [7, 11) is 3.21. The average Bonchev–Trinajstić information content (AvgIpc) is 2.30. The van der Waals surface area contributed by atoms with Gasteiger partial charge in [-0.25, -0.2) is 0 Å². The highest BCUT2D eigenvalue weighted by atomic mass is 16.5. The predicted molar refractivity (Wildman–Crippen MR) is 75.6 cm³/mol. The molecule has 0 rings (SSSR count). The van der Waals surface area contributed by atoms with Crippen molar-refractivity contribution in [2.24, 2.45) is 5.41 Å². The second-order valence-electron chi connectivity index (χ2n) is 5.63. The Balaban J connectivity index is 4.47. The molecule has 0 aliphatic heterocycles. The number of aliphatic carboxylic acids is 1. The summed E-state index contributed by atoms with van der Waals surface area (Å²) in [6.45, 7) is 5.76. The van der Waals surface area contributed by atoms with Gasteiger partial charge < -0.3 is 19.5 Å². The Hall–Kier alpha value is -1.14. The zero-order valence-corrected chi connectivity index (χ0v) is 13.0. The zero-order valence-electron chi connectivity index (χ0n) is 13.0. The molecular weight excluding hydrogens is 262 g/mol. The van der Waals surface area contributed by atoms with Gasteiger partial charge >= 0.3 is 5.97 Å². The summed E-state index contributed by atoms with van der Waals surface area (Å²) in [5, 5.41) is 8.85. The lowest BCUT2D eigenvalue weighted by Gasteiger charge is -2.28. The highest BCUT2D eigenvalue weighted by molar-refractivity contribution is 5.78. The van der Waals surface area contributed by atoms with Crippen molar-refractivity contribution in [2.75, 3.05) is 40.5 Å². The summed E-state index contributed by atoms with van der Waals surface area (Å²) in [5.74, 6) is -0.921. The Labute approximate surface area is 121 Å². The lowest BCUT2D eigenvalue weighted by atomic mass is 9.85. The molecule has 0 aromatic heterocycles. The Kier molecular flexibility index (Phi) is 9.16. The van der Waals surface area contributed by atoms with E-state index < -0.39 is 11.4 Å². The molecule has 1 amide bonds. The fourth-order valence-electron chi connectivity index (χ4n) is 1.96. The fraction of sp³-hybridized carbons (Fsp3) is 0.857. The van der Waals surface area contributed by atoms with Crippen molar-refractivity contribution in [3.63, 3.8) is 0 Å². The number of hydrogen-bond acceptors (Lipinski definition) is 4. The molecule has 0 atom stereocenters. The largest absolute Gasteiger partial charge is 0.481 e. The van der Waals surface area contributed by atoms with Crippen LogP contribution in [0.25, 0.3) is 0 Å². The molecule has 20 heavy (non-hydrogen) atoms. The number of carboxylic acid groups (broad SMARTS) is 1. The standard InChI is InChI=1S/C14H27NO5/c1-14(2,11-13(17)18)10-12(16)15(7-9-20-4)6-5-8-19-3/h5-11H2,1-4H3,(H,17,18). The van der Waals surface area contributed by atoms with Gasteiger partial charge in [0.25, 0.3) is 0 Å². The minimum absolute atomic E-state index is 0.0189. The van der Waals surface area contributed by atoms with Crippen molar-refractivity contribution in [3.05, 3.63) is 0 Å². The van der Waals surface area contributed by atoms with E-state index in [-0.39, 0.29) is 18.7 Å². The third-order valence-corrected chi connectivity index (χ3v) is 2.95. The van der Waals surface area contributed by atoms with Crippen LogP contribution in [0.2, 0.25) is 0 Å². The number of carboxylic acids is 1. The van der Waals surface area contributed by atoms with Crippen LogP contribution in [0.4, 0.5) is 0 Å². The zero-order chi connectivity index (χ0) is 15.6. The number of hydrogen-bond donors (Lipinski definition) is 1. The van der Waals surface area contributed by atoms with E-state index in [4.69, 9.17) is 14.6 Å². The van der Waals surface area contributed by atoms with Gasteiger partial charge in [-0.1, -0.05) is 13.8 Å². The van der Waals surface area contributed by atoms with E-state index in [9.17, 15) is 9.59 Å². The number of carbonyl (C=O) groups is 2. The summed E-state index contributed by atoms with van der Waals surface area (Å²) >= 11 is 0. The number of methoxy groups -OCH3 is 2. The van der Waals surface area contributed by atoms with Crippen LogP contribution in [0, 0.1) is 5.41 Å². The minimum Gasteiger partial charge on any atom is -0.481 e. The molecule has 0 aromatic rings. The minimum atomic E-state index is -0.884. The molecule has 0 aromatic carbocycles. The van der Waals surface area contributed by atoms with Crippen molar-refractivity contribution in [1.29, 1.82) is 0 Å². The molecular formula is C14H27NO5. The Morgan fingerprint density at radius 2 is 1.65 bits per heavy atom. The van der Waals surface area contributed by atoms with Gasteiger partial charge in [0, 0.05) is 40.3 Å². The van der Waals surface area contributed by atoms with E-state index in [1.165, 1.54) is 0 Å². The molecule has 0 aliphatic rings. The van der Waals surface area contributed by atoms with Crippen LogP contribution >= 0.6 is 0 Å². The van der Waals surface area contributed by atoms with Crippen LogP contribution in [0.1, 0.15) is 33.1 Å². The Bertz CT molecular complexity index is 304. The van der Waals surface area contributed by atoms with Crippen LogP contribution in [-0.4, -0.2) is 62.4 Å². The van der Waals surface area contributed by atoms with Gasteiger partial charge in [-0.3, -0.25) is 9.59 Å². The second-order valence-corrected chi connectivity index (χ2v) is 5.63.